The molecule has 0 aliphatic carbocycles. The highest BCUT2D eigenvalue weighted by Crippen LogP contribution is 2.33. The fourth-order valence-corrected chi connectivity index (χ4v) is 2.43. The van der Waals surface area contributed by atoms with E-state index in [9.17, 15) is 14.0 Å². The van der Waals surface area contributed by atoms with Crippen molar-refractivity contribution in [2.24, 2.45) is 0 Å². The highest BCUT2D eigenvalue weighted by atomic mass is 19.1. The zero-order chi connectivity index (χ0) is 15.9. The Morgan fingerprint density at radius 2 is 2.09 bits per heavy atom. The smallest absolute Gasteiger partial charge is 0.267 e. The van der Waals surface area contributed by atoms with E-state index in [0.29, 0.717) is 28.2 Å². The lowest BCUT2D eigenvalue weighted by Crippen LogP contribution is -2.18. The number of carbonyl (C=O) groups excluding carboxylic acids is 2. The van der Waals surface area contributed by atoms with Crippen molar-refractivity contribution < 1.29 is 14.0 Å². The summed E-state index contributed by atoms with van der Waals surface area (Å²) in [6.07, 6.45) is 1.63. The van der Waals surface area contributed by atoms with Gasteiger partial charge in [0.15, 0.2) is 0 Å². The molecule has 3 N–H and O–H groups in total. The molecule has 1 aliphatic heterocycles. The van der Waals surface area contributed by atoms with Gasteiger partial charge < -0.3 is 15.6 Å². The van der Waals surface area contributed by atoms with Gasteiger partial charge in [0.2, 0.25) is 0 Å². The summed E-state index contributed by atoms with van der Waals surface area (Å²) >= 11 is 0. The molecule has 2 heterocycles. The largest absolute Gasteiger partial charge is 0.354 e. The van der Waals surface area contributed by atoms with Crippen LogP contribution in [0.5, 0.6) is 0 Å². The molecular weight excluding hydrogens is 285 g/mol. The zero-order valence-electron chi connectivity index (χ0n) is 12.1. The molecule has 0 fully saturated rings. The van der Waals surface area contributed by atoms with Crippen molar-refractivity contribution in [3.63, 3.8) is 0 Å². The monoisotopic (exact) mass is 299 g/mol. The van der Waals surface area contributed by atoms with E-state index in [4.69, 9.17) is 0 Å². The third-order valence-electron chi connectivity index (χ3n) is 3.58. The molecule has 22 heavy (non-hydrogen) atoms. The molecule has 2 aromatic rings. The molecule has 0 unspecified atom stereocenters. The van der Waals surface area contributed by atoms with Gasteiger partial charge in [-0.25, -0.2) is 4.39 Å². The lowest BCUT2D eigenvalue weighted by Gasteiger charge is -1.99. The number of benzene rings is 1. The van der Waals surface area contributed by atoms with E-state index in [2.05, 4.69) is 15.6 Å². The summed E-state index contributed by atoms with van der Waals surface area (Å²) < 4.78 is 13.4. The van der Waals surface area contributed by atoms with Crippen molar-refractivity contribution in [3.8, 4) is 0 Å². The third kappa shape index (κ3) is 2.28. The maximum Gasteiger partial charge on any atom is 0.267 e. The number of aryl methyl sites for hydroxylation is 1. The Morgan fingerprint density at radius 1 is 1.32 bits per heavy atom. The number of hydrogen-bond donors (Lipinski definition) is 3. The van der Waals surface area contributed by atoms with Crippen LogP contribution in [0, 0.1) is 12.7 Å². The minimum absolute atomic E-state index is 0.241. The van der Waals surface area contributed by atoms with Crippen LogP contribution in [0.25, 0.3) is 11.6 Å². The van der Waals surface area contributed by atoms with Crippen molar-refractivity contribution >= 4 is 29.2 Å². The van der Waals surface area contributed by atoms with Crippen molar-refractivity contribution in [1.29, 1.82) is 0 Å². The molecule has 5 nitrogen and oxygen atoms in total. The summed E-state index contributed by atoms with van der Waals surface area (Å²) in [5.41, 5.74) is 3.33. The Kier molecular flexibility index (Phi) is 3.29. The first-order valence-corrected chi connectivity index (χ1v) is 6.74. The Morgan fingerprint density at radius 3 is 2.82 bits per heavy atom. The predicted octanol–water partition coefficient (Wildman–Crippen LogP) is 2.31. The van der Waals surface area contributed by atoms with Gasteiger partial charge in [-0.2, -0.15) is 0 Å². The van der Waals surface area contributed by atoms with Gasteiger partial charge in [0, 0.05) is 24.0 Å². The summed E-state index contributed by atoms with van der Waals surface area (Å²) in [7, 11) is 1.54. The highest BCUT2D eigenvalue weighted by Gasteiger charge is 2.25. The molecule has 0 saturated carbocycles. The molecule has 1 aliphatic rings. The van der Waals surface area contributed by atoms with Crippen molar-refractivity contribution in [1.82, 2.24) is 10.3 Å². The van der Waals surface area contributed by atoms with E-state index < -0.39 is 5.82 Å². The van der Waals surface area contributed by atoms with Gasteiger partial charge in [0.25, 0.3) is 11.8 Å². The molecule has 0 atom stereocenters. The maximum atomic E-state index is 13.4. The van der Waals surface area contributed by atoms with E-state index in [1.165, 1.54) is 18.2 Å². The number of carbonyl (C=O) groups is 2. The molecule has 112 valence electrons. The van der Waals surface area contributed by atoms with Gasteiger partial charge in [-0.05, 0) is 42.8 Å². The fourth-order valence-electron chi connectivity index (χ4n) is 2.43. The number of aromatic nitrogens is 1. The molecule has 0 spiro atoms. The molecule has 1 aromatic carbocycles. The number of amides is 2. The Balaban J connectivity index is 2.07. The number of aromatic amines is 1. The van der Waals surface area contributed by atoms with Gasteiger partial charge in [0.05, 0.1) is 5.57 Å². The molecular formula is C16H14FN3O2. The van der Waals surface area contributed by atoms with Crippen LogP contribution in [-0.4, -0.2) is 23.8 Å². The van der Waals surface area contributed by atoms with E-state index in [-0.39, 0.29) is 11.8 Å². The number of halogens is 1. The molecule has 1 aromatic heterocycles. The number of hydrogen-bond acceptors (Lipinski definition) is 2. The average Bonchev–Trinajstić information content (AvgIpc) is 3.00. The molecule has 3 rings (SSSR count). The summed E-state index contributed by atoms with van der Waals surface area (Å²) in [5.74, 6) is -0.943. The lowest BCUT2D eigenvalue weighted by atomic mass is 10.1. The quantitative estimate of drug-likeness (QED) is 0.744. The second-order valence-electron chi connectivity index (χ2n) is 5.06. The normalized spacial score (nSPS) is 14.9. The number of rotatable bonds is 2. The number of nitrogens with one attached hydrogen (secondary N) is 3. The summed E-state index contributed by atoms with van der Waals surface area (Å²) in [5, 5.41) is 5.22. The number of fused-ring (bicyclic) bond motifs is 1. The summed E-state index contributed by atoms with van der Waals surface area (Å²) in [4.78, 5) is 26.7. The predicted molar refractivity (Wildman–Crippen MR) is 81.8 cm³/mol. The Hall–Kier alpha value is -2.89. The second-order valence-corrected chi connectivity index (χ2v) is 5.06. The van der Waals surface area contributed by atoms with Crippen LogP contribution >= 0.6 is 0 Å². The van der Waals surface area contributed by atoms with Crippen LogP contribution < -0.4 is 10.6 Å². The average molecular weight is 299 g/mol. The number of anilines is 1. The first-order valence-electron chi connectivity index (χ1n) is 6.74. The lowest BCUT2D eigenvalue weighted by molar-refractivity contribution is -0.110. The van der Waals surface area contributed by atoms with Crippen LogP contribution in [0.4, 0.5) is 10.1 Å². The first kappa shape index (κ1) is 14.1. The highest BCUT2D eigenvalue weighted by molar-refractivity contribution is 6.34. The minimum atomic E-state index is -0.407. The van der Waals surface area contributed by atoms with E-state index in [0.717, 1.165) is 5.56 Å². The van der Waals surface area contributed by atoms with E-state index >= 15 is 0 Å². The molecule has 2 amide bonds. The second kappa shape index (κ2) is 5.14. The fraction of sp³-hybridized carbons (Fsp3) is 0.125. The van der Waals surface area contributed by atoms with Gasteiger partial charge >= 0.3 is 0 Å². The van der Waals surface area contributed by atoms with Crippen LogP contribution in [-0.2, 0) is 4.79 Å². The van der Waals surface area contributed by atoms with E-state index in [1.807, 2.05) is 6.92 Å². The maximum absolute atomic E-state index is 13.4. The van der Waals surface area contributed by atoms with Crippen molar-refractivity contribution in [3.05, 3.63) is 52.6 Å². The van der Waals surface area contributed by atoms with Crippen LogP contribution in [0.1, 0.15) is 27.3 Å². The minimum Gasteiger partial charge on any atom is -0.354 e. The van der Waals surface area contributed by atoms with Gasteiger partial charge in [-0.1, -0.05) is 0 Å². The zero-order valence-corrected chi connectivity index (χ0v) is 12.1. The standard InChI is InChI=1S/C16H14FN3O2/c1-8-5-14(16(22)18-2)19-13(8)7-11-10-6-9(17)3-4-12(10)20-15(11)21/h3-7,19H,1-2H3,(H,18,22)(H,20,21)/b11-7-. The molecule has 0 saturated heterocycles. The van der Waals surface area contributed by atoms with Crippen LogP contribution in [0.3, 0.4) is 0 Å². The van der Waals surface area contributed by atoms with Crippen molar-refractivity contribution in [2.75, 3.05) is 12.4 Å². The van der Waals surface area contributed by atoms with Gasteiger partial charge in [0.1, 0.15) is 11.5 Å². The van der Waals surface area contributed by atoms with E-state index in [1.54, 1.807) is 19.2 Å². The Labute approximate surface area is 126 Å². The summed E-state index contributed by atoms with van der Waals surface area (Å²) in [6.45, 7) is 1.83. The molecule has 0 radical (unpaired) electrons. The summed E-state index contributed by atoms with van der Waals surface area (Å²) in [6, 6.07) is 5.84. The third-order valence-corrected chi connectivity index (χ3v) is 3.58. The SMILES string of the molecule is CNC(=O)c1cc(C)c(/C=C2\C(=O)Nc3ccc(F)cc32)[nH]1. The Bertz CT molecular complexity index is 821. The topological polar surface area (TPSA) is 74.0 Å². The van der Waals surface area contributed by atoms with Crippen LogP contribution in [0.15, 0.2) is 24.3 Å². The van der Waals surface area contributed by atoms with Crippen molar-refractivity contribution in [2.45, 2.75) is 6.92 Å². The van der Waals surface area contributed by atoms with Gasteiger partial charge in [-0.3, -0.25) is 9.59 Å². The van der Waals surface area contributed by atoms with Gasteiger partial charge in [-0.15, -0.1) is 0 Å². The number of H-pyrrole nitrogens is 1. The molecule has 0 bridgehead atoms. The first-order chi connectivity index (χ1) is 10.5. The van der Waals surface area contributed by atoms with Crippen LogP contribution in [0.2, 0.25) is 0 Å². The molecule has 6 heteroatoms.